The van der Waals surface area contributed by atoms with Crippen LogP contribution in [-0.4, -0.2) is 33.2 Å². The van der Waals surface area contributed by atoms with E-state index in [0.717, 1.165) is 32.1 Å². The summed E-state index contributed by atoms with van der Waals surface area (Å²) in [5.74, 6) is 0.652. The van der Waals surface area contributed by atoms with Crippen LogP contribution >= 0.6 is 23.1 Å². The highest BCUT2D eigenvalue weighted by Gasteiger charge is 2.19. The van der Waals surface area contributed by atoms with Crippen molar-refractivity contribution in [3.63, 3.8) is 0 Å². The number of nitrogens with zero attached hydrogens (tertiary/aromatic N) is 3. The molecular formula is C24H22N4O2S2. The quantitative estimate of drug-likeness (QED) is 0.323. The summed E-state index contributed by atoms with van der Waals surface area (Å²) in [4.78, 5) is 26.4. The minimum atomic E-state index is -0.106. The minimum Gasteiger partial charge on any atom is -0.383 e. The first-order valence-electron chi connectivity index (χ1n) is 10.3. The van der Waals surface area contributed by atoms with Gasteiger partial charge in [0.1, 0.15) is 10.7 Å². The number of rotatable bonds is 7. The van der Waals surface area contributed by atoms with Gasteiger partial charge >= 0.3 is 0 Å². The third kappa shape index (κ3) is 3.85. The second-order valence-corrected chi connectivity index (χ2v) is 9.60. The molecule has 5 rings (SSSR count). The van der Waals surface area contributed by atoms with Crippen LogP contribution in [0.1, 0.15) is 18.0 Å². The van der Waals surface area contributed by atoms with Crippen molar-refractivity contribution in [2.45, 2.75) is 23.9 Å². The zero-order valence-electron chi connectivity index (χ0n) is 17.7. The average molecular weight is 463 g/mol. The average Bonchev–Trinajstić information content (AvgIpc) is 3.40. The maximum Gasteiger partial charge on any atom is 0.260 e. The van der Waals surface area contributed by atoms with Crippen LogP contribution in [0.3, 0.4) is 0 Å². The highest BCUT2D eigenvalue weighted by atomic mass is 32.2. The molecule has 1 N–H and O–H groups in total. The molecule has 0 saturated heterocycles. The van der Waals surface area contributed by atoms with Crippen molar-refractivity contribution in [2.24, 2.45) is 0 Å². The summed E-state index contributed by atoms with van der Waals surface area (Å²) in [6.07, 6.45) is 0. The summed E-state index contributed by atoms with van der Waals surface area (Å²) < 4.78 is 7.46. The van der Waals surface area contributed by atoms with Crippen molar-refractivity contribution < 1.29 is 4.74 Å². The molecule has 3 heterocycles. The number of aromatic nitrogens is 4. The molecule has 1 atom stereocenters. The van der Waals surface area contributed by atoms with Gasteiger partial charge in [0.25, 0.3) is 5.56 Å². The molecule has 3 aromatic heterocycles. The number of aromatic amines is 1. The van der Waals surface area contributed by atoms with E-state index in [1.165, 1.54) is 11.3 Å². The largest absolute Gasteiger partial charge is 0.383 e. The van der Waals surface area contributed by atoms with Crippen LogP contribution < -0.4 is 5.56 Å². The molecule has 0 spiro atoms. The molecule has 1 unspecified atom stereocenters. The van der Waals surface area contributed by atoms with Gasteiger partial charge in [0.15, 0.2) is 5.16 Å². The van der Waals surface area contributed by atoms with Crippen LogP contribution in [0.5, 0.6) is 0 Å². The standard InChI is InChI=1S/C24H22N4O2S2/c1-15(32-24-25-18-10-6-7-11-19(18)28(24)12-13-30-2)21-26-22(29)20-17(14-31-23(20)27-21)16-8-4-3-5-9-16/h3-11,14-15H,12-13H2,1-2H3,(H,26,27,29). The number of hydrogen-bond acceptors (Lipinski definition) is 6. The maximum absolute atomic E-state index is 13.0. The number of hydrogen-bond donors (Lipinski definition) is 1. The lowest BCUT2D eigenvalue weighted by molar-refractivity contribution is 0.186. The third-order valence-electron chi connectivity index (χ3n) is 5.35. The van der Waals surface area contributed by atoms with Crippen LogP contribution in [0, 0.1) is 0 Å². The number of methoxy groups -OCH3 is 1. The van der Waals surface area contributed by atoms with E-state index in [0.29, 0.717) is 24.4 Å². The van der Waals surface area contributed by atoms with E-state index >= 15 is 0 Å². The van der Waals surface area contributed by atoms with E-state index in [1.807, 2.05) is 60.8 Å². The molecule has 0 fully saturated rings. The molecule has 8 heteroatoms. The molecule has 0 saturated carbocycles. The smallest absolute Gasteiger partial charge is 0.260 e. The Morgan fingerprint density at radius 3 is 2.72 bits per heavy atom. The minimum absolute atomic E-state index is 0.0764. The number of H-pyrrole nitrogens is 1. The second kappa shape index (κ2) is 8.90. The number of ether oxygens (including phenoxy) is 1. The topological polar surface area (TPSA) is 72.8 Å². The lowest BCUT2D eigenvalue weighted by atomic mass is 10.1. The predicted molar refractivity (Wildman–Crippen MR) is 132 cm³/mol. The van der Waals surface area contributed by atoms with E-state index in [1.54, 1.807) is 18.9 Å². The Morgan fingerprint density at radius 1 is 1.12 bits per heavy atom. The first kappa shape index (κ1) is 20.9. The van der Waals surface area contributed by atoms with Crippen LogP contribution in [0.2, 0.25) is 0 Å². The van der Waals surface area contributed by atoms with Crippen molar-refractivity contribution in [2.75, 3.05) is 13.7 Å². The molecule has 0 radical (unpaired) electrons. The fourth-order valence-electron chi connectivity index (χ4n) is 3.74. The number of nitrogens with one attached hydrogen (secondary N) is 1. The molecule has 0 amide bonds. The summed E-state index contributed by atoms with van der Waals surface area (Å²) in [5, 5.41) is 3.46. The van der Waals surface area contributed by atoms with Gasteiger partial charge in [0.2, 0.25) is 0 Å². The third-order valence-corrected chi connectivity index (χ3v) is 7.32. The Bertz CT molecular complexity index is 1440. The number of thioether (sulfide) groups is 1. The molecule has 2 aromatic carbocycles. The molecular weight excluding hydrogens is 440 g/mol. The zero-order valence-corrected chi connectivity index (χ0v) is 19.4. The van der Waals surface area contributed by atoms with Crippen LogP contribution in [-0.2, 0) is 11.3 Å². The number of imidazole rings is 1. The van der Waals surface area contributed by atoms with E-state index < -0.39 is 0 Å². The summed E-state index contributed by atoms with van der Waals surface area (Å²) in [6, 6.07) is 18.0. The monoisotopic (exact) mass is 462 g/mol. The number of thiophene rings is 1. The highest BCUT2D eigenvalue weighted by Crippen LogP contribution is 2.36. The van der Waals surface area contributed by atoms with Crippen molar-refractivity contribution in [1.29, 1.82) is 0 Å². The van der Waals surface area contributed by atoms with Crippen LogP contribution in [0.4, 0.5) is 0 Å². The fourth-order valence-corrected chi connectivity index (χ4v) is 5.71. The Balaban J connectivity index is 1.50. The SMILES string of the molecule is COCCn1c(SC(C)c2nc3scc(-c4ccccc4)c3c(=O)[nH]2)nc2ccccc21. The van der Waals surface area contributed by atoms with Crippen molar-refractivity contribution >= 4 is 44.3 Å². The molecule has 0 aliphatic carbocycles. The summed E-state index contributed by atoms with van der Waals surface area (Å²) in [7, 11) is 1.70. The Labute approximate surface area is 193 Å². The maximum atomic E-state index is 13.0. The van der Waals surface area contributed by atoms with Gasteiger partial charge in [0.05, 0.1) is 28.3 Å². The highest BCUT2D eigenvalue weighted by molar-refractivity contribution is 7.99. The molecule has 32 heavy (non-hydrogen) atoms. The van der Waals surface area contributed by atoms with Crippen LogP contribution in [0.25, 0.3) is 32.4 Å². The van der Waals surface area contributed by atoms with E-state index in [2.05, 4.69) is 15.6 Å². The predicted octanol–water partition coefficient (Wildman–Crippen LogP) is 5.50. The molecule has 0 aliphatic rings. The number of benzene rings is 2. The van der Waals surface area contributed by atoms with Gasteiger partial charge in [-0.25, -0.2) is 9.97 Å². The van der Waals surface area contributed by atoms with Gasteiger partial charge in [-0.2, -0.15) is 0 Å². The Hall–Kier alpha value is -2.94. The first-order valence-corrected chi connectivity index (χ1v) is 12.1. The van der Waals surface area contributed by atoms with Crippen molar-refractivity contribution in [3.05, 3.63) is 76.2 Å². The van der Waals surface area contributed by atoms with Crippen LogP contribution in [0.15, 0.2) is 69.9 Å². The lowest BCUT2D eigenvalue weighted by Crippen LogP contribution is -2.13. The molecule has 5 aromatic rings. The molecule has 0 aliphatic heterocycles. The van der Waals surface area contributed by atoms with Gasteiger partial charge in [-0.15, -0.1) is 11.3 Å². The van der Waals surface area contributed by atoms with Gasteiger partial charge in [0, 0.05) is 24.6 Å². The normalized spacial score (nSPS) is 12.6. The summed E-state index contributed by atoms with van der Waals surface area (Å²) in [5.41, 5.74) is 3.86. The van der Waals surface area contributed by atoms with E-state index in [-0.39, 0.29) is 10.8 Å². The zero-order chi connectivity index (χ0) is 22.1. The second-order valence-electron chi connectivity index (χ2n) is 7.43. The molecule has 6 nitrogen and oxygen atoms in total. The first-order chi connectivity index (χ1) is 15.7. The number of fused-ring (bicyclic) bond motifs is 2. The Kier molecular flexibility index (Phi) is 5.82. The van der Waals surface area contributed by atoms with Gasteiger partial charge < -0.3 is 14.3 Å². The van der Waals surface area contributed by atoms with Gasteiger partial charge in [-0.1, -0.05) is 54.2 Å². The Morgan fingerprint density at radius 2 is 1.91 bits per heavy atom. The fraction of sp³-hybridized carbons (Fsp3) is 0.208. The lowest BCUT2D eigenvalue weighted by Gasteiger charge is -2.12. The van der Waals surface area contributed by atoms with Crippen molar-refractivity contribution in [3.8, 4) is 11.1 Å². The molecule has 0 bridgehead atoms. The number of para-hydroxylation sites is 2. The van der Waals surface area contributed by atoms with E-state index in [9.17, 15) is 4.79 Å². The van der Waals surface area contributed by atoms with Gasteiger partial charge in [-0.05, 0) is 24.6 Å². The molecule has 162 valence electrons. The van der Waals surface area contributed by atoms with E-state index in [4.69, 9.17) is 14.7 Å². The van der Waals surface area contributed by atoms with Gasteiger partial charge in [-0.3, -0.25) is 4.79 Å². The summed E-state index contributed by atoms with van der Waals surface area (Å²) >= 11 is 3.09. The summed E-state index contributed by atoms with van der Waals surface area (Å²) in [6.45, 7) is 3.35. The van der Waals surface area contributed by atoms with Crippen molar-refractivity contribution in [1.82, 2.24) is 19.5 Å².